The number of pyridine rings is 1. The second-order valence-electron chi connectivity index (χ2n) is 3.99. The topological polar surface area (TPSA) is 42.0 Å². The third-order valence-electron chi connectivity index (χ3n) is 2.55. The third-order valence-corrected chi connectivity index (χ3v) is 3.16. The molecule has 110 valence electrons. The van der Waals surface area contributed by atoms with Crippen molar-refractivity contribution in [2.75, 3.05) is 5.32 Å². The van der Waals surface area contributed by atoms with Crippen LogP contribution in [0.5, 0.6) is 0 Å². The molecule has 3 nitrogen and oxygen atoms in total. The molecule has 0 aliphatic heterocycles. The number of hydrogen-bond donors (Lipinski definition) is 1. The molecule has 2 rings (SSSR count). The van der Waals surface area contributed by atoms with Crippen molar-refractivity contribution in [3.8, 4) is 0 Å². The highest BCUT2D eigenvalue weighted by Crippen LogP contribution is 2.33. The Hall–Kier alpha value is -1.79. The molecule has 0 saturated heterocycles. The lowest BCUT2D eigenvalue weighted by atomic mass is 10.2. The van der Waals surface area contributed by atoms with Crippen LogP contribution in [0.2, 0.25) is 10.2 Å². The van der Waals surface area contributed by atoms with Crippen molar-refractivity contribution in [2.45, 2.75) is 6.18 Å². The SMILES string of the molecule is O=C(Nc1ccc(C(F)(F)F)cc1Cl)c1cccnc1Cl. The van der Waals surface area contributed by atoms with Gasteiger partial charge in [0.05, 0.1) is 21.8 Å². The number of carbonyl (C=O) groups excluding carboxylic acids is 1. The van der Waals surface area contributed by atoms with E-state index in [0.717, 1.165) is 18.2 Å². The van der Waals surface area contributed by atoms with Crippen molar-refractivity contribution in [2.24, 2.45) is 0 Å². The van der Waals surface area contributed by atoms with Gasteiger partial charge in [-0.1, -0.05) is 23.2 Å². The van der Waals surface area contributed by atoms with Gasteiger partial charge in [0.1, 0.15) is 5.15 Å². The molecule has 0 atom stereocenters. The molecule has 2 aromatic rings. The lowest BCUT2D eigenvalue weighted by Gasteiger charge is -2.11. The van der Waals surface area contributed by atoms with Crippen LogP contribution in [0, 0.1) is 0 Å². The van der Waals surface area contributed by atoms with E-state index in [9.17, 15) is 18.0 Å². The normalized spacial score (nSPS) is 11.3. The molecular weight excluding hydrogens is 328 g/mol. The van der Waals surface area contributed by atoms with Gasteiger partial charge in [-0.05, 0) is 30.3 Å². The summed E-state index contributed by atoms with van der Waals surface area (Å²) < 4.78 is 37.5. The number of benzene rings is 1. The minimum Gasteiger partial charge on any atom is -0.321 e. The maximum atomic E-state index is 12.5. The molecule has 1 heterocycles. The average molecular weight is 335 g/mol. The molecule has 0 fully saturated rings. The Kier molecular flexibility index (Phi) is 4.39. The molecule has 0 bridgehead atoms. The minimum atomic E-state index is -4.50. The quantitative estimate of drug-likeness (QED) is 0.811. The van der Waals surface area contributed by atoms with Gasteiger partial charge in [0.25, 0.3) is 5.91 Å². The van der Waals surface area contributed by atoms with E-state index >= 15 is 0 Å². The first kappa shape index (κ1) is 15.6. The predicted octanol–water partition coefficient (Wildman–Crippen LogP) is 4.66. The molecule has 0 aliphatic rings. The summed E-state index contributed by atoms with van der Waals surface area (Å²) in [4.78, 5) is 15.7. The molecule has 0 saturated carbocycles. The maximum Gasteiger partial charge on any atom is 0.416 e. The van der Waals surface area contributed by atoms with Crippen molar-refractivity contribution in [3.63, 3.8) is 0 Å². The molecule has 0 aliphatic carbocycles. The van der Waals surface area contributed by atoms with Gasteiger partial charge in [0, 0.05) is 6.20 Å². The fourth-order valence-electron chi connectivity index (χ4n) is 1.54. The van der Waals surface area contributed by atoms with Crippen LogP contribution in [-0.4, -0.2) is 10.9 Å². The van der Waals surface area contributed by atoms with E-state index in [1.54, 1.807) is 0 Å². The number of anilines is 1. The first-order chi connectivity index (χ1) is 9.79. The maximum absolute atomic E-state index is 12.5. The fraction of sp³-hybridized carbons (Fsp3) is 0.0769. The van der Waals surface area contributed by atoms with Crippen molar-refractivity contribution in [1.29, 1.82) is 0 Å². The average Bonchev–Trinajstić information content (AvgIpc) is 2.40. The zero-order valence-electron chi connectivity index (χ0n) is 10.2. The molecule has 8 heteroatoms. The molecule has 0 radical (unpaired) electrons. The number of nitrogens with zero attached hydrogens (tertiary/aromatic N) is 1. The van der Waals surface area contributed by atoms with Crippen LogP contribution in [-0.2, 0) is 6.18 Å². The second kappa shape index (κ2) is 5.91. The van der Waals surface area contributed by atoms with E-state index in [4.69, 9.17) is 23.2 Å². The number of carbonyl (C=O) groups is 1. The first-order valence-electron chi connectivity index (χ1n) is 5.57. The summed E-state index contributed by atoms with van der Waals surface area (Å²) in [6.07, 6.45) is -3.09. The molecular formula is C13H7Cl2F3N2O. The Balaban J connectivity index is 2.25. The highest BCUT2D eigenvalue weighted by atomic mass is 35.5. The molecule has 0 unspecified atom stereocenters. The summed E-state index contributed by atoms with van der Waals surface area (Å²) in [6, 6.07) is 5.58. The van der Waals surface area contributed by atoms with E-state index in [0.29, 0.717) is 0 Å². The van der Waals surface area contributed by atoms with E-state index in [1.165, 1.54) is 18.3 Å². The van der Waals surface area contributed by atoms with Crippen molar-refractivity contribution in [3.05, 3.63) is 57.8 Å². The Morgan fingerprint density at radius 2 is 1.90 bits per heavy atom. The van der Waals surface area contributed by atoms with Gasteiger partial charge in [0.15, 0.2) is 0 Å². The van der Waals surface area contributed by atoms with E-state index in [2.05, 4.69) is 10.3 Å². The summed E-state index contributed by atoms with van der Waals surface area (Å²) in [5.74, 6) is -0.616. The number of aromatic nitrogens is 1. The standard InChI is InChI=1S/C13H7Cl2F3N2O/c14-9-6-7(13(16,17)18)3-4-10(9)20-12(21)8-2-1-5-19-11(8)15/h1-6H,(H,20,21). The monoisotopic (exact) mass is 334 g/mol. The van der Waals surface area contributed by atoms with Crippen LogP contribution < -0.4 is 5.32 Å². The third kappa shape index (κ3) is 3.65. The summed E-state index contributed by atoms with van der Waals surface area (Å²) >= 11 is 11.5. The molecule has 1 amide bonds. The number of halogens is 5. The van der Waals surface area contributed by atoms with Gasteiger partial charge in [0.2, 0.25) is 0 Å². The van der Waals surface area contributed by atoms with Crippen LogP contribution in [0.4, 0.5) is 18.9 Å². The Morgan fingerprint density at radius 3 is 2.48 bits per heavy atom. The Labute approximate surface area is 127 Å². The first-order valence-corrected chi connectivity index (χ1v) is 6.33. The number of alkyl halides is 3. The van der Waals surface area contributed by atoms with Gasteiger partial charge < -0.3 is 5.32 Å². The largest absolute Gasteiger partial charge is 0.416 e. The van der Waals surface area contributed by atoms with Crippen LogP contribution in [0.1, 0.15) is 15.9 Å². The zero-order chi connectivity index (χ0) is 15.6. The van der Waals surface area contributed by atoms with Crippen LogP contribution >= 0.6 is 23.2 Å². The second-order valence-corrected chi connectivity index (χ2v) is 4.75. The van der Waals surface area contributed by atoms with Gasteiger partial charge in [-0.15, -0.1) is 0 Å². The van der Waals surface area contributed by atoms with Crippen LogP contribution in [0.15, 0.2) is 36.5 Å². The zero-order valence-corrected chi connectivity index (χ0v) is 11.7. The van der Waals surface area contributed by atoms with Gasteiger partial charge in [-0.2, -0.15) is 13.2 Å². The van der Waals surface area contributed by atoms with Gasteiger partial charge in [-0.25, -0.2) is 4.98 Å². The molecule has 1 N–H and O–H groups in total. The lowest BCUT2D eigenvalue weighted by Crippen LogP contribution is -2.14. The highest BCUT2D eigenvalue weighted by Gasteiger charge is 2.31. The van der Waals surface area contributed by atoms with E-state index in [-0.39, 0.29) is 21.4 Å². The van der Waals surface area contributed by atoms with Crippen LogP contribution in [0.25, 0.3) is 0 Å². The summed E-state index contributed by atoms with van der Waals surface area (Å²) in [5.41, 5.74) is -0.755. The number of rotatable bonds is 2. The molecule has 0 spiro atoms. The van der Waals surface area contributed by atoms with E-state index < -0.39 is 17.6 Å². The van der Waals surface area contributed by atoms with Gasteiger partial charge >= 0.3 is 6.18 Å². The number of nitrogens with one attached hydrogen (secondary N) is 1. The highest BCUT2D eigenvalue weighted by molar-refractivity contribution is 6.35. The summed E-state index contributed by atoms with van der Waals surface area (Å²) in [7, 11) is 0. The Bertz CT molecular complexity index is 689. The van der Waals surface area contributed by atoms with E-state index in [1.807, 2.05) is 0 Å². The Morgan fingerprint density at radius 1 is 1.19 bits per heavy atom. The number of amides is 1. The van der Waals surface area contributed by atoms with Crippen LogP contribution in [0.3, 0.4) is 0 Å². The molecule has 21 heavy (non-hydrogen) atoms. The predicted molar refractivity (Wildman–Crippen MR) is 73.7 cm³/mol. The van der Waals surface area contributed by atoms with Crippen molar-refractivity contribution in [1.82, 2.24) is 4.98 Å². The smallest absolute Gasteiger partial charge is 0.321 e. The minimum absolute atomic E-state index is 0.0157. The fourth-order valence-corrected chi connectivity index (χ4v) is 1.97. The number of hydrogen-bond acceptors (Lipinski definition) is 2. The summed E-state index contributed by atoms with van der Waals surface area (Å²) in [5, 5.41) is 2.14. The summed E-state index contributed by atoms with van der Waals surface area (Å²) in [6.45, 7) is 0. The molecule has 1 aromatic heterocycles. The van der Waals surface area contributed by atoms with Crippen molar-refractivity contribution < 1.29 is 18.0 Å². The van der Waals surface area contributed by atoms with Crippen molar-refractivity contribution >= 4 is 34.8 Å². The van der Waals surface area contributed by atoms with Gasteiger partial charge in [-0.3, -0.25) is 4.79 Å². The lowest BCUT2D eigenvalue weighted by molar-refractivity contribution is -0.137. The molecule has 1 aromatic carbocycles.